The van der Waals surface area contributed by atoms with Crippen molar-refractivity contribution in [1.82, 2.24) is 4.98 Å². The maximum Gasteiger partial charge on any atom is 0.340 e. The first kappa shape index (κ1) is 22.3. The number of rotatable bonds is 11. The van der Waals surface area contributed by atoms with Gasteiger partial charge in [0.05, 0.1) is 12.2 Å². The fraction of sp³-hybridized carbons (Fsp3) is 0.348. The minimum absolute atomic E-state index is 0.0367. The van der Waals surface area contributed by atoms with Crippen molar-refractivity contribution >= 4 is 11.8 Å². The Hall–Kier alpha value is -2.99. The number of hydrogen-bond acceptors (Lipinski definition) is 6. The summed E-state index contributed by atoms with van der Waals surface area (Å²) in [5.41, 5.74) is 1.66. The van der Waals surface area contributed by atoms with Crippen LogP contribution >= 0.6 is 0 Å². The maximum atomic E-state index is 12.5. The van der Waals surface area contributed by atoms with Crippen molar-refractivity contribution in [2.75, 3.05) is 13.2 Å². The average Bonchev–Trinajstić information content (AvgIpc) is 2.75. The highest BCUT2D eigenvalue weighted by Gasteiger charge is 2.21. The summed E-state index contributed by atoms with van der Waals surface area (Å²) in [5.74, 6) is 0.135. The molecular weight excluding hydrogens is 370 g/mol. The van der Waals surface area contributed by atoms with E-state index in [1.54, 1.807) is 42.6 Å². The summed E-state index contributed by atoms with van der Waals surface area (Å²) in [4.78, 5) is 28.8. The number of allylic oxidation sites excluding steroid dienone is 1. The Morgan fingerprint density at radius 2 is 1.90 bits per heavy atom. The van der Waals surface area contributed by atoms with Gasteiger partial charge in [-0.25, -0.2) is 4.79 Å². The fourth-order valence-corrected chi connectivity index (χ4v) is 2.66. The molecule has 6 heteroatoms. The van der Waals surface area contributed by atoms with E-state index in [2.05, 4.69) is 11.6 Å². The van der Waals surface area contributed by atoms with Gasteiger partial charge in [0, 0.05) is 18.8 Å². The Morgan fingerprint density at radius 3 is 2.48 bits per heavy atom. The van der Waals surface area contributed by atoms with Crippen LogP contribution in [0.4, 0.5) is 0 Å². The van der Waals surface area contributed by atoms with Gasteiger partial charge in [0.25, 0.3) is 0 Å². The molecule has 0 aliphatic carbocycles. The molecular formula is C23H27NO5. The molecule has 0 aliphatic heterocycles. The molecule has 2 rings (SSSR count). The van der Waals surface area contributed by atoms with Crippen LogP contribution in [0.15, 0.2) is 60.9 Å². The Labute approximate surface area is 171 Å². The molecule has 1 aromatic carbocycles. The topological polar surface area (TPSA) is 85.7 Å². The second-order valence-corrected chi connectivity index (χ2v) is 6.92. The number of carbonyl (C=O) groups excluding carboxylic acids is 2. The lowest BCUT2D eigenvalue weighted by Crippen LogP contribution is -2.15. The number of hydrogen-bond donors (Lipinski definition) is 1. The summed E-state index contributed by atoms with van der Waals surface area (Å²) >= 11 is 0. The highest BCUT2D eigenvalue weighted by atomic mass is 16.5. The van der Waals surface area contributed by atoms with E-state index < -0.39 is 12.1 Å². The number of pyridine rings is 1. The van der Waals surface area contributed by atoms with Crippen molar-refractivity contribution in [3.63, 3.8) is 0 Å². The smallest absolute Gasteiger partial charge is 0.340 e. The first-order valence-corrected chi connectivity index (χ1v) is 9.59. The lowest BCUT2D eigenvalue weighted by molar-refractivity contribution is -0.116. The fourth-order valence-electron chi connectivity index (χ4n) is 2.66. The predicted molar refractivity (Wildman–Crippen MR) is 110 cm³/mol. The number of aliphatic hydroxyl groups excluding tert-OH is 1. The molecule has 0 bridgehead atoms. The zero-order chi connectivity index (χ0) is 21.2. The summed E-state index contributed by atoms with van der Waals surface area (Å²) in [6, 6.07) is 10.3. The highest BCUT2D eigenvalue weighted by Crippen LogP contribution is 2.27. The summed E-state index contributed by atoms with van der Waals surface area (Å²) in [7, 11) is 0. The number of benzene rings is 1. The van der Waals surface area contributed by atoms with Crippen LogP contribution in [0.5, 0.6) is 5.75 Å². The zero-order valence-corrected chi connectivity index (χ0v) is 16.8. The number of Topliss-reactive ketones (excluding diaryl/α,β-unsaturated/α-hetero) is 1. The Bertz CT molecular complexity index is 815. The van der Waals surface area contributed by atoms with Crippen LogP contribution in [0.3, 0.4) is 0 Å². The highest BCUT2D eigenvalue weighted by molar-refractivity contribution is 5.95. The molecule has 6 nitrogen and oxygen atoms in total. The van der Waals surface area contributed by atoms with Crippen molar-refractivity contribution in [3.05, 3.63) is 72.1 Å². The van der Waals surface area contributed by atoms with Gasteiger partial charge in [0.1, 0.15) is 18.5 Å². The van der Waals surface area contributed by atoms with Crippen LogP contribution < -0.4 is 4.74 Å². The number of aliphatic hydroxyl groups is 1. The quantitative estimate of drug-likeness (QED) is 0.457. The van der Waals surface area contributed by atoms with Gasteiger partial charge in [-0.3, -0.25) is 9.78 Å². The number of ketones is 1. The normalized spacial score (nSPS) is 11.7. The van der Waals surface area contributed by atoms with E-state index in [0.29, 0.717) is 23.3 Å². The van der Waals surface area contributed by atoms with E-state index in [0.717, 1.165) is 5.56 Å². The average molecular weight is 397 g/mol. The van der Waals surface area contributed by atoms with Gasteiger partial charge in [-0.2, -0.15) is 0 Å². The molecule has 0 spiro atoms. The van der Waals surface area contributed by atoms with Crippen molar-refractivity contribution in [2.24, 2.45) is 5.92 Å². The first-order valence-electron chi connectivity index (χ1n) is 9.59. The number of esters is 1. The van der Waals surface area contributed by atoms with Crippen molar-refractivity contribution in [3.8, 4) is 5.75 Å². The summed E-state index contributed by atoms with van der Waals surface area (Å²) in [6.45, 7) is 7.82. The van der Waals surface area contributed by atoms with E-state index in [-0.39, 0.29) is 31.3 Å². The minimum atomic E-state index is -0.599. The zero-order valence-electron chi connectivity index (χ0n) is 16.8. The molecule has 1 atom stereocenters. The van der Waals surface area contributed by atoms with Crippen LogP contribution in [0, 0.1) is 5.92 Å². The van der Waals surface area contributed by atoms with E-state index in [1.807, 2.05) is 13.8 Å². The molecule has 154 valence electrons. The van der Waals surface area contributed by atoms with Gasteiger partial charge in [0.15, 0.2) is 5.78 Å². The van der Waals surface area contributed by atoms with Crippen LogP contribution in [-0.2, 0) is 9.53 Å². The van der Waals surface area contributed by atoms with Crippen LogP contribution in [0.2, 0.25) is 0 Å². The molecule has 1 aromatic heterocycles. The maximum absolute atomic E-state index is 12.5. The minimum Gasteiger partial charge on any atom is -0.491 e. The Morgan fingerprint density at radius 1 is 1.17 bits per heavy atom. The largest absolute Gasteiger partial charge is 0.491 e. The second-order valence-electron chi connectivity index (χ2n) is 6.92. The van der Waals surface area contributed by atoms with E-state index >= 15 is 0 Å². The third kappa shape index (κ3) is 6.84. The third-order valence-electron chi connectivity index (χ3n) is 4.45. The van der Waals surface area contributed by atoms with Crippen LogP contribution in [0.1, 0.15) is 48.7 Å². The van der Waals surface area contributed by atoms with E-state index in [4.69, 9.17) is 14.6 Å². The number of aromatic nitrogens is 1. The molecule has 0 saturated carbocycles. The van der Waals surface area contributed by atoms with Crippen LogP contribution in [0.25, 0.3) is 0 Å². The molecule has 29 heavy (non-hydrogen) atoms. The number of nitrogens with zero attached hydrogens (tertiary/aromatic N) is 1. The standard InChI is InChI=1S/C23H27NO5/c1-16(2)17(3)21(26)10-11-22(29-23(27)19-5-4-12-24-15-19)18-6-8-20(9-7-18)28-14-13-25/h4-9,12,15-16,22,25H,3,10-11,13-14H2,1-2H3/t22-/m1/s1. The molecule has 0 aliphatic rings. The Balaban J connectivity index is 2.14. The van der Waals surface area contributed by atoms with Crippen molar-refractivity contribution in [1.29, 1.82) is 0 Å². The monoisotopic (exact) mass is 397 g/mol. The van der Waals surface area contributed by atoms with Gasteiger partial charge in [-0.15, -0.1) is 0 Å². The summed E-state index contributed by atoms with van der Waals surface area (Å²) in [5, 5.41) is 8.86. The summed E-state index contributed by atoms with van der Waals surface area (Å²) in [6.07, 6.45) is 2.99. The second kappa shape index (κ2) is 11.1. The van der Waals surface area contributed by atoms with Gasteiger partial charge in [-0.05, 0) is 47.7 Å². The molecule has 2 aromatic rings. The molecule has 0 fully saturated rings. The Kier molecular flexibility index (Phi) is 8.55. The van der Waals surface area contributed by atoms with E-state index in [9.17, 15) is 9.59 Å². The third-order valence-corrected chi connectivity index (χ3v) is 4.45. The molecule has 0 saturated heterocycles. The van der Waals surface area contributed by atoms with Gasteiger partial charge < -0.3 is 14.6 Å². The first-order chi connectivity index (χ1) is 13.9. The molecule has 0 radical (unpaired) electrons. The summed E-state index contributed by atoms with van der Waals surface area (Å²) < 4.78 is 11.1. The number of carbonyl (C=O) groups is 2. The van der Waals surface area contributed by atoms with Gasteiger partial charge in [0.2, 0.25) is 0 Å². The van der Waals surface area contributed by atoms with Gasteiger partial charge in [-0.1, -0.05) is 32.6 Å². The van der Waals surface area contributed by atoms with E-state index in [1.165, 1.54) is 6.20 Å². The van der Waals surface area contributed by atoms with Crippen LogP contribution in [-0.4, -0.2) is 35.1 Å². The van der Waals surface area contributed by atoms with Crippen molar-refractivity contribution in [2.45, 2.75) is 32.8 Å². The lowest BCUT2D eigenvalue weighted by Gasteiger charge is -2.19. The van der Waals surface area contributed by atoms with Gasteiger partial charge >= 0.3 is 5.97 Å². The van der Waals surface area contributed by atoms with Crippen molar-refractivity contribution < 1.29 is 24.2 Å². The lowest BCUT2D eigenvalue weighted by atomic mass is 9.95. The SMILES string of the molecule is C=C(C(=O)CC[C@@H](OC(=O)c1cccnc1)c1ccc(OCCO)cc1)C(C)C. The molecule has 1 heterocycles. The molecule has 1 N–H and O–H groups in total. The molecule has 0 unspecified atom stereocenters. The predicted octanol–water partition coefficient (Wildman–Crippen LogP) is 3.91. The molecule has 0 amide bonds. The number of ether oxygens (including phenoxy) is 2.